The Kier molecular flexibility index (Phi) is 5.07. The minimum absolute atomic E-state index is 0.150. The van der Waals surface area contributed by atoms with Crippen molar-refractivity contribution in [2.45, 2.75) is 51.4 Å². The molecule has 0 spiro atoms. The lowest BCUT2D eigenvalue weighted by Gasteiger charge is -2.36. The molecular formula is C16H24N2O3. The zero-order valence-electron chi connectivity index (χ0n) is 12.7. The summed E-state index contributed by atoms with van der Waals surface area (Å²) in [5, 5.41) is 15.4. The SMILES string of the molecule is CC(C)Oc1ccc(CNC(=O)NCC2(O)CCC2)cc1. The summed E-state index contributed by atoms with van der Waals surface area (Å²) in [7, 11) is 0. The van der Waals surface area contributed by atoms with Gasteiger partial charge >= 0.3 is 6.03 Å². The van der Waals surface area contributed by atoms with Crippen molar-refractivity contribution in [3.63, 3.8) is 0 Å². The summed E-state index contributed by atoms with van der Waals surface area (Å²) in [5.41, 5.74) is 0.316. The molecule has 0 aliphatic heterocycles. The number of amides is 2. The van der Waals surface area contributed by atoms with Crippen LogP contribution in [0.4, 0.5) is 4.79 Å². The number of rotatable bonds is 6. The Morgan fingerprint density at radius 2 is 1.95 bits per heavy atom. The smallest absolute Gasteiger partial charge is 0.315 e. The van der Waals surface area contributed by atoms with Gasteiger partial charge in [0, 0.05) is 13.1 Å². The van der Waals surface area contributed by atoms with Gasteiger partial charge in [-0.15, -0.1) is 0 Å². The number of urea groups is 1. The van der Waals surface area contributed by atoms with Crippen molar-refractivity contribution in [2.24, 2.45) is 0 Å². The quantitative estimate of drug-likeness (QED) is 0.752. The van der Waals surface area contributed by atoms with Crippen molar-refractivity contribution >= 4 is 6.03 Å². The molecule has 1 fully saturated rings. The first kappa shape index (κ1) is 15.6. The summed E-state index contributed by atoms with van der Waals surface area (Å²) in [6.45, 7) is 4.73. The molecule has 1 aliphatic rings. The number of carbonyl (C=O) groups is 1. The van der Waals surface area contributed by atoms with Crippen molar-refractivity contribution in [1.29, 1.82) is 0 Å². The van der Waals surface area contributed by atoms with Gasteiger partial charge in [0.15, 0.2) is 0 Å². The highest BCUT2D eigenvalue weighted by Gasteiger charge is 2.34. The van der Waals surface area contributed by atoms with Crippen LogP contribution in [-0.2, 0) is 6.54 Å². The number of nitrogens with one attached hydrogen (secondary N) is 2. The third-order valence-electron chi connectivity index (χ3n) is 3.61. The van der Waals surface area contributed by atoms with E-state index in [-0.39, 0.29) is 12.1 Å². The third kappa shape index (κ3) is 4.93. The Morgan fingerprint density at radius 1 is 1.29 bits per heavy atom. The van der Waals surface area contributed by atoms with E-state index in [2.05, 4.69) is 10.6 Å². The zero-order valence-corrected chi connectivity index (χ0v) is 12.7. The third-order valence-corrected chi connectivity index (χ3v) is 3.61. The molecule has 1 aromatic carbocycles. The fourth-order valence-corrected chi connectivity index (χ4v) is 2.21. The molecule has 2 rings (SSSR count). The van der Waals surface area contributed by atoms with E-state index < -0.39 is 5.60 Å². The number of ether oxygens (including phenoxy) is 1. The second-order valence-electron chi connectivity index (χ2n) is 5.92. The number of aliphatic hydroxyl groups is 1. The molecule has 0 heterocycles. The van der Waals surface area contributed by atoms with Gasteiger partial charge in [-0.1, -0.05) is 12.1 Å². The van der Waals surface area contributed by atoms with Crippen LogP contribution >= 0.6 is 0 Å². The molecule has 0 aromatic heterocycles. The number of hydrogen-bond donors (Lipinski definition) is 3. The number of benzene rings is 1. The van der Waals surface area contributed by atoms with Crippen LogP contribution in [0.15, 0.2) is 24.3 Å². The van der Waals surface area contributed by atoms with Crippen molar-refractivity contribution < 1.29 is 14.6 Å². The Bertz CT molecular complexity index is 467. The maximum atomic E-state index is 11.7. The van der Waals surface area contributed by atoms with Gasteiger partial charge in [-0.25, -0.2) is 4.79 Å². The summed E-state index contributed by atoms with van der Waals surface area (Å²) >= 11 is 0. The lowest BCUT2D eigenvalue weighted by atomic mass is 9.80. The summed E-state index contributed by atoms with van der Waals surface area (Å²) < 4.78 is 5.56. The van der Waals surface area contributed by atoms with Gasteiger partial charge in [0.25, 0.3) is 0 Å². The van der Waals surface area contributed by atoms with Crippen LogP contribution in [0.2, 0.25) is 0 Å². The number of hydrogen-bond acceptors (Lipinski definition) is 3. The largest absolute Gasteiger partial charge is 0.491 e. The van der Waals surface area contributed by atoms with Crippen LogP contribution in [0, 0.1) is 0 Å². The van der Waals surface area contributed by atoms with Crippen LogP contribution < -0.4 is 15.4 Å². The van der Waals surface area contributed by atoms with E-state index in [4.69, 9.17) is 4.74 Å². The molecule has 1 saturated carbocycles. The van der Waals surface area contributed by atoms with Crippen molar-refractivity contribution in [2.75, 3.05) is 6.54 Å². The van der Waals surface area contributed by atoms with Gasteiger partial charge in [0.2, 0.25) is 0 Å². The fourth-order valence-electron chi connectivity index (χ4n) is 2.21. The summed E-state index contributed by atoms with van der Waals surface area (Å²) in [4.78, 5) is 11.7. The van der Waals surface area contributed by atoms with Gasteiger partial charge in [0.05, 0.1) is 11.7 Å². The zero-order chi connectivity index (χ0) is 15.3. The Morgan fingerprint density at radius 3 is 2.48 bits per heavy atom. The molecule has 116 valence electrons. The lowest BCUT2D eigenvalue weighted by molar-refractivity contribution is -0.0290. The Labute approximate surface area is 125 Å². The summed E-state index contributed by atoms with van der Waals surface area (Å²) in [6.07, 6.45) is 2.72. The van der Waals surface area contributed by atoms with Crippen molar-refractivity contribution in [3.8, 4) is 5.75 Å². The first-order chi connectivity index (χ1) is 9.97. The monoisotopic (exact) mass is 292 g/mol. The Hall–Kier alpha value is -1.75. The molecule has 5 nitrogen and oxygen atoms in total. The molecule has 0 atom stereocenters. The van der Waals surface area contributed by atoms with E-state index in [0.29, 0.717) is 13.1 Å². The van der Waals surface area contributed by atoms with E-state index >= 15 is 0 Å². The molecule has 1 aliphatic carbocycles. The van der Waals surface area contributed by atoms with Crippen LogP contribution in [0.1, 0.15) is 38.7 Å². The van der Waals surface area contributed by atoms with Gasteiger partial charge in [-0.3, -0.25) is 0 Å². The minimum Gasteiger partial charge on any atom is -0.491 e. The highest BCUT2D eigenvalue weighted by Crippen LogP contribution is 2.30. The highest BCUT2D eigenvalue weighted by atomic mass is 16.5. The normalized spacial score (nSPS) is 16.2. The molecule has 3 N–H and O–H groups in total. The predicted molar refractivity (Wildman–Crippen MR) is 81.2 cm³/mol. The molecule has 0 bridgehead atoms. The fraction of sp³-hybridized carbons (Fsp3) is 0.562. The van der Waals surface area contributed by atoms with Gasteiger partial charge in [-0.05, 0) is 50.8 Å². The standard InChI is InChI=1S/C16H24N2O3/c1-12(2)21-14-6-4-13(5-7-14)10-17-15(19)18-11-16(20)8-3-9-16/h4-7,12,20H,3,8-11H2,1-2H3,(H2,17,18,19). The van der Waals surface area contributed by atoms with Gasteiger partial charge in [0.1, 0.15) is 5.75 Å². The second kappa shape index (κ2) is 6.80. The molecule has 0 saturated heterocycles. The maximum absolute atomic E-state index is 11.7. The average molecular weight is 292 g/mol. The first-order valence-electron chi connectivity index (χ1n) is 7.46. The molecular weight excluding hydrogens is 268 g/mol. The van der Waals surface area contributed by atoms with Gasteiger partial charge in [-0.2, -0.15) is 0 Å². The van der Waals surface area contributed by atoms with E-state index in [1.165, 1.54) is 0 Å². The van der Waals surface area contributed by atoms with E-state index in [0.717, 1.165) is 30.6 Å². The van der Waals surface area contributed by atoms with Crippen molar-refractivity contribution in [3.05, 3.63) is 29.8 Å². The molecule has 0 radical (unpaired) electrons. The molecule has 0 unspecified atom stereocenters. The predicted octanol–water partition coefficient (Wildman–Crippen LogP) is 2.19. The highest BCUT2D eigenvalue weighted by molar-refractivity contribution is 5.73. The minimum atomic E-state index is -0.687. The molecule has 5 heteroatoms. The second-order valence-corrected chi connectivity index (χ2v) is 5.92. The van der Waals surface area contributed by atoms with Crippen molar-refractivity contribution in [1.82, 2.24) is 10.6 Å². The summed E-state index contributed by atoms with van der Waals surface area (Å²) in [5.74, 6) is 0.824. The summed E-state index contributed by atoms with van der Waals surface area (Å²) in [6, 6.07) is 7.39. The molecule has 1 aromatic rings. The van der Waals surface area contributed by atoms with E-state index in [1.54, 1.807) is 0 Å². The lowest BCUT2D eigenvalue weighted by Crippen LogP contribution is -2.49. The molecule has 21 heavy (non-hydrogen) atoms. The van der Waals surface area contributed by atoms with E-state index in [9.17, 15) is 9.90 Å². The van der Waals surface area contributed by atoms with Crippen LogP contribution in [0.25, 0.3) is 0 Å². The van der Waals surface area contributed by atoms with Crippen LogP contribution in [0.3, 0.4) is 0 Å². The van der Waals surface area contributed by atoms with E-state index in [1.807, 2.05) is 38.1 Å². The topological polar surface area (TPSA) is 70.6 Å². The van der Waals surface area contributed by atoms with Crippen LogP contribution in [0.5, 0.6) is 5.75 Å². The Balaban J connectivity index is 1.70. The molecule has 2 amide bonds. The maximum Gasteiger partial charge on any atom is 0.315 e. The van der Waals surface area contributed by atoms with Crippen LogP contribution in [-0.4, -0.2) is 29.4 Å². The van der Waals surface area contributed by atoms with Gasteiger partial charge < -0.3 is 20.5 Å². The number of carbonyl (C=O) groups excluding carboxylic acids is 1. The average Bonchev–Trinajstić information content (AvgIpc) is 2.41. The first-order valence-corrected chi connectivity index (χ1v) is 7.46.